The van der Waals surface area contributed by atoms with Gasteiger partial charge in [-0.25, -0.2) is 0 Å². The molecule has 4 nitrogen and oxygen atoms in total. The van der Waals surface area contributed by atoms with Crippen LogP contribution in [-0.4, -0.2) is 30.3 Å². The van der Waals surface area contributed by atoms with Gasteiger partial charge in [0.15, 0.2) is 0 Å². The Hall–Kier alpha value is -1.56. The Morgan fingerprint density at radius 1 is 1.38 bits per heavy atom. The van der Waals surface area contributed by atoms with Crippen LogP contribution >= 0.6 is 22.9 Å². The Morgan fingerprint density at radius 2 is 2.14 bits per heavy atom. The molecule has 1 heterocycles. The van der Waals surface area contributed by atoms with Crippen LogP contribution in [0.2, 0.25) is 4.34 Å². The van der Waals surface area contributed by atoms with Crippen molar-refractivity contribution in [3.05, 3.63) is 51.2 Å². The number of aryl methyl sites for hydroxylation is 1. The molecule has 1 aromatic carbocycles. The van der Waals surface area contributed by atoms with Crippen LogP contribution < -0.4 is 10.1 Å². The van der Waals surface area contributed by atoms with Crippen LogP contribution in [0.15, 0.2) is 36.4 Å². The predicted molar refractivity (Wildman–Crippen MR) is 84.3 cm³/mol. The van der Waals surface area contributed by atoms with Crippen molar-refractivity contribution in [1.82, 2.24) is 5.32 Å². The Labute approximate surface area is 132 Å². The SMILES string of the molecule is Cc1ccccc1OCC(O)CNC(=O)c1ccc(Cl)s1. The van der Waals surface area contributed by atoms with Gasteiger partial charge in [0.25, 0.3) is 5.91 Å². The molecule has 1 unspecified atom stereocenters. The molecule has 0 aliphatic carbocycles. The minimum Gasteiger partial charge on any atom is -0.491 e. The van der Waals surface area contributed by atoms with E-state index in [9.17, 15) is 9.90 Å². The van der Waals surface area contributed by atoms with Crippen LogP contribution in [0.5, 0.6) is 5.75 Å². The number of para-hydroxylation sites is 1. The van der Waals surface area contributed by atoms with Crippen LogP contribution in [0.1, 0.15) is 15.2 Å². The van der Waals surface area contributed by atoms with E-state index >= 15 is 0 Å². The summed E-state index contributed by atoms with van der Waals surface area (Å²) < 4.78 is 6.08. The van der Waals surface area contributed by atoms with E-state index in [1.807, 2.05) is 31.2 Å². The third-order valence-corrected chi connectivity index (χ3v) is 4.05. The quantitative estimate of drug-likeness (QED) is 0.858. The van der Waals surface area contributed by atoms with E-state index in [-0.39, 0.29) is 19.1 Å². The molecule has 2 N–H and O–H groups in total. The summed E-state index contributed by atoms with van der Waals surface area (Å²) in [6.07, 6.45) is -0.774. The maximum Gasteiger partial charge on any atom is 0.261 e. The number of carbonyl (C=O) groups is 1. The number of carbonyl (C=O) groups excluding carboxylic acids is 1. The minimum atomic E-state index is -0.774. The van der Waals surface area contributed by atoms with Gasteiger partial charge in [0.1, 0.15) is 18.5 Å². The lowest BCUT2D eigenvalue weighted by Gasteiger charge is -2.14. The van der Waals surface area contributed by atoms with Crippen molar-refractivity contribution in [2.75, 3.05) is 13.2 Å². The average molecular weight is 326 g/mol. The fourth-order valence-electron chi connectivity index (χ4n) is 1.70. The van der Waals surface area contributed by atoms with Gasteiger partial charge in [-0.1, -0.05) is 29.8 Å². The van der Waals surface area contributed by atoms with E-state index in [1.165, 1.54) is 11.3 Å². The molecule has 0 saturated heterocycles. The fourth-order valence-corrected chi connectivity index (χ4v) is 2.66. The number of hydrogen-bond donors (Lipinski definition) is 2. The number of benzene rings is 1. The van der Waals surface area contributed by atoms with E-state index in [2.05, 4.69) is 5.32 Å². The third kappa shape index (κ3) is 4.74. The van der Waals surface area contributed by atoms with Crippen LogP contribution in [0.25, 0.3) is 0 Å². The first kappa shape index (κ1) is 15.8. The average Bonchev–Trinajstić information content (AvgIpc) is 2.90. The first-order valence-electron chi connectivity index (χ1n) is 6.46. The van der Waals surface area contributed by atoms with Crippen molar-refractivity contribution in [1.29, 1.82) is 0 Å². The van der Waals surface area contributed by atoms with Gasteiger partial charge in [0.2, 0.25) is 0 Å². The van der Waals surface area contributed by atoms with Gasteiger partial charge in [-0.15, -0.1) is 11.3 Å². The summed E-state index contributed by atoms with van der Waals surface area (Å²) in [6.45, 7) is 2.18. The lowest BCUT2D eigenvalue weighted by Crippen LogP contribution is -2.35. The van der Waals surface area contributed by atoms with E-state index in [0.717, 1.165) is 11.3 Å². The summed E-state index contributed by atoms with van der Waals surface area (Å²) in [7, 11) is 0. The Bertz CT molecular complexity index is 614. The molecule has 6 heteroatoms. The summed E-state index contributed by atoms with van der Waals surface area (Å²) in [5, 5.41) is 12.5. The monoisotopic (exact) mass is 325 g/mol. The molecule has 2 aromatic rings. The van der Waals surface area contributed by atoms with Crippen molar-refractivity contribution in [2.45, 2.75) is 13.0 Å². The second-order valence-electron chi connectivity index (χ2n) is 4.54. The number of aliphatic hydroxyl groups excluding tert-OH is 1. The number of aliphatic hydroxyl groups is 1. The lowest BCUT2D eigenvalue weighted by molar-refractivity contribution is 0.0846. The summed E-state index contributed by atoms with van der Waals surface area (Å²) in [5.74, 6) is 0.481. The van der Waals surface area contributed by atoms with Crippen LogP contribution in [0.3, 0.4) is 0 Å². The van der Waals surface area contributed by atoms with Crippen LogP contribution in [0.4, 0.5) is 0 Å². The number of halogens is 1. The maximum atomic E-state index is 11.8. The number of thiophene rings is 1. The largest absolute Gasteiger partial charge is 0.491 e. The summed E-state index contributed by atoms with van der Waals surface area (Å²) in [4.78, 5) is 12.3. The Kier molecular flexibility index (Phi) is 5.61. The summed E-state index contributed by atoms with van der Waals surface area (Å²) >= 11 is 6.97. The van der Waals surface area contributed by atoms with Gasteiger partial charge < -0.3 is 15.2 Å². The standard InChI is InChI=1S/C15H16ClNO3S/c1-10-4-2-3-5-12(10)20-9-11(18)8-17-15(19)13-6-7-14(16)21-13/h2-7,11,18H,8-9H2,1H3,(H,17,19). The number of nitrogens with one attached hydrogen (secondary N) is 1. The van der Waals surface area contributed by atoms with Crippen molar-refractivity contribution >= 4 is 28.8 Å². The van der Waals surface area contributed by atoms with Gasteiger partial charge in [-0.2, -0.15) is 0 Å². The van der Waals surface area contributed by atoms with Crippen molar-refractivity contribution in [3.63, 3.8) is 0 Å². The van der Waals surface area contributed by atoms with Crippen LogP contribution in [0, 0.1) is 6.92 Å². The van der Waals surface area contributed by atoms with Crippen molar-refractivity contribution in [2.24, 2.45) is 0 Å². The Balaban J connectivity index is 1.76. The molecule has 0 bridgehead atoms. The van der Waals surface area contributed by atoms with Gasteiger partial charge in [0.05, 0.1) is 9.21 Å². The maximum absolute atomic E-state index is 11.8. The van der Waals surface area contributed by atoms with Crippen LogP contribution in [-0.2, 0) is 0 Å². The molecule has 2 rings (SSSR count). The molecule has 0 radical (unpaired) electrons. The highest BCUT2D eigenvalue weighted by molar-refractivity contribution is 7.17. The van der Waals surface area contributed by atoms with Crippen molar-refractivity contribution < 1.29 is 14.6 Å². The second kappa shape index (κ2) is 7.45. The molecule has 112 valence electrons. The zero-order valence-electron chi connectivity index (χ0n) is 11.5. The van der Waals surface area contributed by atoms with E-state index in [0.29, 0.717) is 9.21 Å². The first-order valence-corrected chi connectivity index (χ1v) is 7.65. The topological polar surface area (TPSA) is 58.6 Å². The fraction of sp³-hybridized carbons (Fsp3) is 0.267. The summed E-state index contributed by atoms with van der Waals surface area (Å²) in [6, 6.07) is 10.9. The third-order valence-electron chi connectivity index (χ3n) is 2.82. The van der Waals surface area contributed by atoms with Gasteiger partial charge >= 0.3 is 0 Å². The smallest absolute Gasteiger partial charge is 0.261 e. The number of rotatable bonds is 6. The molecular formula is C15H16ClNO3S. The Morgan fingerprint density at radius 3 is 2.81 bits per heavy atom. The summed E-state index contributed by atoms with van der Waals surface area (Å²) in [5.41, 5.74) is 1.00. The molecule has 1 atom stereocenters. The molecular weight excluding hydrogens is 310 g/mol. The van der Waals surface area contributed by atoms with Gasteiger partial charge in [-0.05, 0) is 30.7 Å². The lowest BCUT2D eigenvalue weighted by atomic mass is 10.2. The molecule has 0 aliphatic rings. The van der Waals surface area contributed by atoms with E-state index in [1.54, 1.807) is 12.1 Å². The highest BCUT2D eigenvalue weighted by Gasteiger charge is 2.12. The predicted octanol–water partition coefficient (Wildman–Crippen LogP) is 2.88. The molecule has 0 saturated carbocycles. The van der Waals surface area contributed by atoms with Gasteiger partial charge in [0, 0.05) is 6.54 Å². The molecule has 1 amide bonds. The second-order valence-corrected chi connectivity index (χ2v) is 6.26. The molecule has 21 heavy (non-hydrogen) atoms. The highest BCUT2D eigenvalue weighted by atomic mass is 35.5. The molecule has 0 spiro atoms. The van der Waals surface area contributed by atoms with Crippen molar-refractivity contribution in [3.8, 4) is 5.75 Å². The molecule has 0 fully saturated rings. The number of hydrogen-bond acceptors (Lipinski definition) is 4. The molecule has 1 aromatic heterocycles. The highest BCUT2D eigenvalue weighted by Crippen LogP contribution is 2.21. The zero-order chi connectivity index (χ0) is 15.2. The molecule has 0 aliphatic heterocycles. The van der Waals surface area contributed by atoms with Gasteiger partial charge in [-0.3, -0.25) is 4.79 Å². The van der Waals surface area contributed by atoms with E-state index < -0.39 is 6.10 Å². The zero-order valence-corrected chi connectivity index (χ0v) is 13.1. The normalized spacial score (nSPS) is 12.0. The number of ether oxygens (including phenoxy) is 1. The minimum absolute atomic E-state index is 0.121. The first-order chi connectivity index (χ1) is 10.1. The number of amides is 1. The van der Waals surface area contributed by atoms with E-state index in [4.69, 9.17) is 16.3 Å².